The summed E-state index contributed by atoms with van der Waals surface area (Å²) in [5.41, 5.74) is 1.22. The number of alkyl halides is 1. The van der Waals surface area contributed by atoms with Crippen molar-refractivity contribution in [2.24, 2.45) is 0 Å². The molecule has 0 aliphatic rings. The minimum atomic E-state index is 0.236. The van der Waals surface area contributed by atoms with Crippen LogP contribution in [0.1, 0.15) is 20.1 Å². The van der Waals surface area contributed by atoms with Crippen LogP contribution < -0.4 is 0 Å². The van der Waals surface area contributed by atoms with Gasteiger partial charge in [0.05, 0.1) is 4.83 Å². The van der Waals surface area contributed by atoms with Gasteiger partial charge in [-0.3, -0.25) is 0 Å². The average Bonchev–Trinajstić information content (AvgIpc) is 2.59. The Morgan fingerprint density at radius 2 is 1.88 bits per heavy atom. The highest BCUT2D eigenvalue weighted by atomic mass is 79.9. The third-order valence-corrected chi connectivity index (χ3v) is 6.07. The highest BCUT2D eigenvalue weighted by molar-refractivity contribution is 9.10. The van der Waals surface area contributed by atoms with Gasteiger partial charge in [0, 0.05) is 19.2 Å². The van der Waals surface area contributed by atoms with E-state index in [1.807, 2.05) is 24.3 Å². The average molecular weight is 381 g/mol. The van der Waals surface area contributed by atoms with Crippen LogP contribution in [0.2, 0.25) is 5.02 Å². The summed E-state index contributed by atoms with van der Waals surface area (Å²) in [6.07, 6.45) is 0. The van der Waals surface area contributed by atoms with E-state index in [2.05, 4.69) is 44.8 Å². The summed E-state index contributed by atoms with van der Waals surface area (Å²) in [5.74, 6) is 0. The van der Waals surface area contributed by atoms with Crippen molar-refractivity contribution in [2.75, 3.05) is 0 Å². The lowest BCUT2D eigenvalue weighted by Crippen LogP contribution is -1.88. The largest absolute Gasteiger partial charge is 0.143 e. The van der Waals surface area contributed by atoms with Crippen LogP contribution >= 0.6 is 54.8 Å². The fourth-order valence-corrected chi connectivity index (χ4v) is 3.81. The fourth-order valence-electron chi connectivity index (χ4n) is 1.40. The maximum Gasteiger partial charge on any atom is 0.0738 e. The van der Waals surface area contributed by atoms with Crippen molar-refractivity contribution in [2.45, 2.75) is 11.8 Å². The number of aryl methyl sites for hydroxylation is 1. The van der Waals surface area contributed by atoms with Crippen molar-refractivity contribution in [3.63, 3.8) is 0 Å². The Morgan fingerprint density at radius 3 is 2.38 bits per heavy atom. The zero-order chi connectivity index (χ0) is 11.7. The molecule has 1 aromatic carbocycles. The van der Waals surface area contributed by atoms with Gasteiger partial charge in [-0.15, -0.1) is 11.3 Å². The summed E-state index contributed by atoms with van der Waals surface area (Å²) >= 11 is 14.9. The topological polar surface area (TPSA) is 0 Å². The van der Waals surface area contributed by atoms with E-state index in [4.69, 9.17) is 11.6 Å². The number of thiophene rings is 1. The zero-order valence-corrected chi connectivity index (χ0v) is 13.3. The maximum atomic E-state index is 5.87. The Hall–Kier alpha value is 0.170. The molecule has 0 aliphatic heterocycles. The summed E-state index contributed by atoms with van der Waals surface area (Å²) in [6, 6.07) is 10.1. The highest BCUT2D eigenvalue weighted by Gasteiger charge is 2.14. The Bertz CT molecular complexity index is 471. The predicted molar refractivity (Wildman–Crippen MR) is 79.0 cm³/mol. The standard InChI is InChI=1S/C12H9Br2ClS/c1-7-10(13)6-11(16-7)12(14)8-2-4-9(15)5-3-8/h2-6,12H,1H3. The van der Waals surface area contributed by atoms with Crippen molar-refractivity contribution in [3.05, 3.63) is 55.1 Å². The first kappa shape index (κ1) is 12.6. The lowest BCUT2D eigenvalue weighted by molar-refractivity contribution is 1.22. The van der Waals surface area contributed by atoms with Crippen LogP contribution in [0.25, 0.3) is 0 Å². The van der Waals surface area contributed by atoms with Crippen molar-refractivity contribution in [1.82, 2.24) is 0 Å². The molecule has 1 unspecified atom stereocenters. The molecule has 0 saturated carbocycles. The molecule has 1 aromatic heterocycles. The smallest absolute Gasteiger partial charge is 0.0738 e. The van der Waals surface area contributed by atoms with Crippen LogP contribution in [0.5, 0.6) is 0 Å². The zero-order valence-electron chi connectivity index (χ0n) is 8.51. The van der Waals surface area contributed by atoms with E-state index in [0.717, 1.165) is 5.02 Å². The van der Waals surface area contributed by atoms with E-state index in [1.165, 1.54) is 19.8 Å². The summed E-state index contributed by atoms with van der Waals surface area (Å²) in [4.78, 5) is 2.83. The maximum absolute atomic E-state index is 5.87. The van der Waals surface area contributed by atoms with Crippen LogP contribution in [-0.2, 0) is 0 Å². The predicted octanol–water partition coefficient (Wildman–Crippen LogP) is 5.96. The molecule has 1 atom stereocenters. The third-order valence-electron chi connectivity index (χ3n) is 2.29. The van der Waals surface area contributed by atoms with Gasteiger partial charge in [0.25, 0.3) is 0 Å². The molecule has 0 amide bonds. The van der Waals surface area contributed by atoms with E-state index in [0.29, 0.717) is 0 Å². The van der Waals surface area contributed by atoms with Crippen LogP contribution in [0.15, 0.2) is 34.8 Å². The molecule has 2 aromatic rings. The molecule has 1 heterocycles. The summed E-state index contributed by atoms with van der Waals surface area (Å²) < 4.78 is 1.17. The molecule has 0 spiro atoms. The van der Waals surface area contributed by atoms with Gasteiger partial charge in [0.2, 0.25) is 0 Å². The quantitative estimate of drug-likeness (QED) is 0.564. The van der Waals surface area contributed by atoms with E-state index in [-0.39, 0.29) is 4.83 Å². The minimum absolute atomic E-state index is 0.236. The molecule has 0 nitrogen and oxygen atoms in total. The highest BCUT2D eigenvalue weighted by Crippen LogP contribution is 2.38. The number of hydrogen-bond acceptors (Lipinski definition) is 1. The van der Waals surface area contributed by atoms with Crippen LogP contribution in [0.4, 0.5) is 0 Å². The molecular weight excluding hydrogens is 371 g/mol. The molecular formula is C12H9Br2ClS. The fraction of sp³-hybridized carbons (Fsp3) is 0.167. The van der Waals surface area contributed by atoms with E-state index >= 15 is 0 Å². The third kappa shape index (κ3) is 2.70. The monoisotopic (exact) mass is 378 g/mol. The number of benzene rings is 1. The lowest BCUT2D eigenvalue weighted by Gasteiger charge is -2.07. The van der Waals surface area contributed by atoms with Gasteiger partial charge in [0.15, 0.2) is 0 Å². The van der Waals surface area contributed by atoms with Gasteiger partial charge in [-0.25, -0.2) is 0 Å². The normalized spacial score (nSPS) is 12.8. The minimum Gasteiger partial charge on any atom is -0.143 e. The van der Waals surface area contributed by atoms with Crippen molar-refractivity contribution < 1.29 is 0 Å². The van der Waals surface area contributed by atoms with Gasteiger partial charge in [-0.1, -0.05) is 39.7 Å². The van der Waals surface area contributed by atoms with Crippen molar-refractivity contribution in [3.8, 4) is 0 Å². The van der Waals surface area contributed by atoms with Gasteiger partial charge >= 0.3 is 0 Å². The van der Waals surface area contributed by atoms with Crippen molar-refractivity contribution in [1.29, 1.82) is 0 Å². The van der Waals surface area contributed by atoms with E-state index in [1.54, 1.807) is 11.3 Å². The van der Waals surface area contributed by atoms with Gasteiger partial charge in [-0.2, -0.15) is 0 Å². The van der Waals surface area contributed by atoms with Crippen LogP contribution in [-0.4, -0.2) is 0 Å². The van der Waals surface area contributed by atoms with Crippen LogP contribution in [0.3, 0.4) is 0 Å². The molecule has 16 heavy (non-hydrogen) atoms. The molecule has 4 heteroatoms. The Kier molecular flexibility index (Phi) is 4.11. The first-order valence-electron chi connectivity index (χ1n) is 4.73. The Labute approximate surface area is 121 Å². The number of rotatable bonds is 2. The van der Waals surface area contributed by atoms with E-state index in [9.17, 15) is 0 Å². The van der Waals surface area contributed by atoms with Gasteiger partial charge in [-0.05, 0) is 46.6 Å². The van der Waals surface area contributed by atoms with Crippen molar-refractivity contribution >= 4 is 54.8 Å². The molecule has 2 rings (SSSR count). The molecule has 0 saturated heterocycles. The molecule has 0 aliphatic carbocycles. The first-order chi connectivity index (χ1) is 7.58. The van der Waals surface area contributed by atoms with Gasteiger partial charge in [0.1, 0.15) is 0 Å². The summed E-state index contributed by atoms with van der Waals surface area (Å²) in [5, 5.41) is 0.770. The SMILES string of the molecule is Cc1sc(C(Br)c2ccc(Cl)cc2)cc1Br. The lowest BCUT2D eigenvalue weighted by atomic mass is 10.1. The Balaban J connectivity index is 2.31. The molecule has 0 N–H and O–H groups in total. The summed E-state index contributed by atoms with van der Waals surface area (Å²) in [6.45, 7) is 2.11. The first-order valence-corrected chi connectivity index (χ1v) is 7.63. The van der Waals surface area contributed by atoms with E-state index < -0.39 is 0 Å². The number of hydrogen-bond donors (Lipinski definition) is 0. The molecule has 84 valence electrons. The van der Waals surface area contributed by atoms with Gasteiger partial charge < -0.3 is 0 Å². The molecule has 0 bridgehead atoms. The second kappa shape index (κ2) is 5.21. The Morgan fingerprint density at radius 1 is 1.25 bits per heavy atom. The summed E-state index contributed by atoms with van der Waals surface area (Å²) in [7, 11) is 0. The number of halogens is 3. The second-order valence-corrected chi connectivity index (χ2v) is 6.96. The molecule has 0 radical (unpaired) electrons. The van der Waals surface area contributed by atoms with Crippen LogP contribution in [0, 0.1) is 6.92 Å². The molecule has 0 fully saturated rings. The second-order valence-electron chi connectivity index (χ2n) is 3.47.